The fourth-order valence-corrected chi connectivity index (χ4v) is 12.4. The molecule has 0 amide bonds. The van der Waals surface area contributed by atoms with Crippen LogP contribution in [0.2, 0.25) is 0 Å². The Bertz CT molecular complexity index is 4630. The van der Waals surface area contributed by atoms with Crippen molar-refractivity contribution in [2.75, 3.05) is 0 Å². The molecule has 0 N–H and O–H groups in total. The summed E-state index contributed by atoms with van der Waals surface area (Å²) in [5.41, 5.74) is 13.0. The standard InChI is InChI=1S/C69H45N7OS/c1-69(2)56-29-15-12-25-49(56)50-37-33-44(40-59(50)77-69)48-36-34-45(39-55(48)68-72-63(42-19-6-3-7-20-42)70-64(73-68)43-21-8-4-9-22-43)65-71-66(46-35-38-52-51-26-14-17-32-60(51)78-61(52)41-46)75-67(74-65)54-28-18-31-58-62(54)53-27-13-16-30-57(53)76(58)47-23-10-5-11-24-47/h3-41H,1-2H3. The zero-order valence-electron chi connectivity index (χ0n) is 42.5. The second kappa shape index (κ2) is 18.1. The Balaban J connectivity index is 0.981. The number of ether oxygens (including phenoxy) is 1. The lowest BCUT2D eigenvalue weighted by Gasteiger charge is -2.35. The first-order chi connectivity index (χ1) is 38.4. The van der Waals surface area contributed by atoms with Crippen LogP contribution in [0.4, 0.5) is 0 Å². The molecule has 9 heteroatoms. The van der Waals surface area contributed by atoms with Crippen molar-refractivity contribution in [2.24, 2.45) is 0 Å². The van der Waals surface area contributed by atoms with Gasteiger partial charge in [-0.3, -0.25) is 0 Å². The largest absolute Gasteiger partial charge is 0.482 e. The fourth-order valence-electron chi connectivity index (χ4n) is 11.3. The first kappa shape index (κ1) is 45.4. The number of aromatic nitrogens is 7. The van der Waals surface area contributed by atoms with Crippen molar-refractivity contribution in [3.8, 4) is 102 Å². The highest BCUT2D eigenvalue weighted by atomic mass is 32.1. The van der Waals surface area contributed by atoms with Gasteiger partial charge in [0.1, 0.15) is 11.4 Å². The Labute approximate surface area is 453 Å². The normalized spacial score (nSPS) is 12.7. The average Bonchev–Trinajstić information content (AvgIpc) is 4.25. The van der Waals surface area contributed by atoms with E-state index in [9.17, 15) is 0 Å². The van der Waals surface area contributed by atoms with Gasteiger partial charge in [-0.15, -0.1) is 11.3 Å². The fraction of sp³-hybridized carbons (Fsp3) is 0.0435. The number of hydrogen-bond acceptors (Lipinski definition) is 8. The Morgan fingerprint density at radius 1 is 0.346 bits per heavy atom. The molecule has 0 radical (unpaired) electrons. The van der Waals surface area contributed by atoms with E-state index in [1.807, 2.05) is 60.7 Å². The van der Waals surface area contributed by atoms with Crippen LogP contribution in [0.25, 0.3) is 138 Å². The molecule has 15 rings (SSSR count). The van der Waals surface area contributed by atoms with E-state index in [0.717, 1.165) is 99.1 Å². The minimum atomic E-state index is -0.547. The monoisotopic (exact) mass is 1020 g/mol. The molecule has 4 aromatic heterocycles. The van der Waals surface area contributed by atoms with Crippen molar-refractivity contribution in [3.05, 3.63) is 242 Å². The molecule has 5 heterocycles. The SMILES string of the molecule is CC1(C)Oc2cc(-c3ccc(-c4nc(-c5ccc6c(c5)sc5ccccc56)nc(-c5cccc6c5c5ccccc5n6-c5ccccc5)n4)cc3-c3nc(-c4ccccc4)nc(-c4ccccc4)n3)ccc2-c2ccccc21. The molecule has 14 aromatic rings. The summed E-state index contributed by atoms with van der Waals surface area (Å²) >= 11 is 1.78. The topological polar surface area (TPSA) is 91.5 Å². The third-order valence-corrected chi connectivity index (χ3v) is 16.1. The number of rotatable bonds is 8. The third kappa shape index (κ3) is 7.65. The summed E-state index contributed by atoms with van der Waals surface area (Å²) < 4.78 is 11.6. The summed E-state index contributed by atoms with van der Waals surface area (Å²) in [6.07, 6.45) is 0. The van der Waals surface area contributed by atoms with Crippen molar-refractivity contribution < 1.29 is 4.74 Å². The van der Waals surface area contributed by atoms with Crippen molar-refractivity contribution >= 4 is 53.3 Å². The van der Waals surface area contributed by atoms with Gasteiger partial charge in [0, 0.05) is 81.1 Å². The zero-order valence-corrected chi connectivity index (χ0v) is 43.3. The van der Waals surface area contributed by atoms with E-state index < -0.39 is 5.60 Å². The summed E-state index contributed by atoms with van der Waals surface area (Å²) in [5, 5.41) is 4.60. The molecule has 0 saturated carbocycles. The maximum absolute atomic E-state index is 6.87. The van der Waals surface area contributed by atoms with Crippen LogP contribution in [0.5, 0.6) is 5.75 Å². The number of benzene rings is 10. The molecule has 8 nitrogen and oxygen atoms in total. The van der Waals surface area contributed by atoms with Crippen LogP contribution in [0.1, 0.15) is 19.4 Å². The highest BCUT2D eigenvalue weighted by Gasteiger charge is 2.33. The molecule has 0 fully saturated rings. The van der Waals surface area contributed by atoms with Crippen LogP contribution in [0, 0.1) is 0 Å². The molecule has 0 bridgehead atoms. The Morgan fingerprint density at radius 3 is 1.62 bits per heavy atom. The predicted molar refractivity (Wildman–Crippen MR) is 318 cm³/mol. The molecule has 0 spiro atoms. The van der Waals surface area contributed by atoms with Crippen LogP contribution in [-0.2, 0) is 5.60 Å². The summed E-state index contributed by atoms with van der Waals surface area (Å²) in [4.78, 5) is 32.1. The Morgan fingerprint density at radius 2 is 0.872 bits per heavy atom. The van der Waals surface area contributed by atoms with E-state index in [4.69, 9.17) is 34.6 Å². The first-order valence-electron chi connectivity index (χ1n) is 26.1. The van der Waals surface area contributed by atoms with E-state index in [1.54, 1.807) is 11.3 Å². The van der Waals surface area contributed by atoms with E-state index in [0.29, 0.717) is 34.9 Å². The van der Waals surface area contributed by atoms with Gasteiger partial charge >= 0.3 is 0 Å². The van der Waals surface area contributed by atoms with Crippen LogP contribution in [0.3, 0.4) is 0 Å². The summed E-state index contributed by atoms with van der Waals surface area (Å²) in [6.45, 7) is 4.25. The Kier molecular flexibility index (Phi) is 10.6. The van der Waals surface area contributed by atoms with Crippen molar-refractivity contribution in [3.63, 3.8) is 0 Å². The van der Waals surface area contributed by atoms with Crippen molar-refractivity contribution in [2.45, 2.75) is 19.4 Å². The third-order valence-electron chi connectivity index (χ3n) is 15.0. The molecule has 78 heavy (non-hydrogen) atoms. The number of nitrogens with zero attached hydrogens (tertiary/aromatic N) is 7. The number of para-hydroxylation sites is 2. The van der Waals surface area contributed by atoms with Gasteiger partial charge < -0.3 is 9.30 Å². The number of hydrogen-bond donors (Lipinski definition) is 0. The van der Waals surface area contributed by atoms with Gasteiger partial charge in [-0.2, -0.15) is 0 Å². The lowest BCUT2D eigenvalue weighted by molar-refractivity contribution is 0.106. The maximum atomic E-state index is 6.87. The van der Waals surface area contributed by atoms with Crippen LogP contribution in [0.15, 0.2) is 237 Å². The van der Waals surface area contributed by atoms with Gasteiger partial charge in [-0.05, 0) is 79.1 Å². The predicted octanol–water partition coefficient (Wildman–Crippen LogP) is 17.5. The van der Waals surface area contributed by atoms with E-state index in [1.165, 1.54) is 15.5 Å². The second-order valence-electron chi connectivity index (χ2n) is 20.2. The lowest BCUT2D eigenvalue weighted by Crippen LogP contribution is -2.29. The van der Waals surface area contributed by atoms with E-state index in [-0.39, 0.29) is 0 Å². The van der Waals surface area contributed by atoms with Crippen LogP contribution < -0.4 is 4.74 Å². The molecule has 10 aromatic carbocycles. The quantitative estimate of drug-likeness (QED) is 0.150. The van der Waals surface area contributed by atoms with Gasteiger partial charge in [0.2, 0.25) is 0 Å². The molecule has 1 aliphatic rings. The Hall–Kier alpha value is -9.96. The van der Waals surface area contributed by atoms with Gasteiger partial charge in [0.25, 0.3) is 0 Å². The molecule has 368 valence electrons. The molecular formula is C69H45N7OS. The van der Waals surface area contributed by atoms with Gasteiger partial charge in [0.05, 0.1) is 11.0 Å². The highest BCUT2D eigenvalue weighted by Crippen LogP contribution is 2.48. The molecule has 0 atom stereocenters. The van der Waals surface area contributed by atoms with Crippen molar-refractivity contribution in [1.82, 2.24) is 34.5 Å². The lowest BCUT2D eigenvalue weighted by atomic mass is 9.85. The molecule has 0 saturated heterocycles. The van der Waals surface area contributed by atoms with Crippen LogP contribution >= 0.6 is 11.3 Å². The average molecular weight is 1020 g/mol. The highest BCUT2D eigenvalue weighted by molar-refractivity contribution is 7.25. The summed E-state index contributed by atoms with van der Waals surface area (Å²) in [5.74, 6) is 4.08. The summed E-state index contributed by atoms with van der Waals surface area (Å²) in [7, 11) is 0. The van der Waals surface area contributed by atoms with Gasteiger partial charge in [-0.1, -0.05) is 188 Å². The van der Waals surface area contributed by atoms with E-state index in [2.05, 4.69) is 194 Å². The van der Waals surface area contributed by atoms with E-state index >= 15 is 0 Å². The zero-order chi connectivity index (χ0) is 51.9. The minimum Gasteiger partial charge on any atom is -0.482 e. The molecular weight excluding hydrogens is 975 g/mol. The van der Waals surface area contributed by atoms with Gasteiger partial charge in [0.15, 0.2) is 34.9 Å². The maximum Gasteiger partial charge on any atom is 0.164 e. The number of fused-ring (bicyclic) bond motifs is 9. The molecule has 0 unspecified atom stereocenters. The molecule has 0 aliphatic carbocycles. The van der Waals surface area contributed by atoms with Gasteiger partial charge in [-0.25, -0.2) is 29.9 Å². The van der Waals surface area contributed by atoms with Crippen molar-refractivity contribution in [1.29, 1.82) is 0 Å². The first-order valence-corrected chi connectivity index (χ1v) is 26.9. The number of thiophene rings is 1. The second-order valence-corrected chi connectivity index (χ2v) is 21.3. The summed E-state index contributed by atoms with van der Waals surface area (Å²) in [6, 6.07) is 82.2. The minimum absolute atomic E-state index is 0.507. The smallest absolute Gasteiger partial charge is 0.164 e. The van der Waals surface area contributed by atoms with Crippen LogP contribution in [-0.4, -0.2) is 34.5 Å². The molecule has 1 aliphatic heterocycles.